The molecular formula is C29H34FN5O3. The number of nitrogens with one attached hydrogen (secondary N) is 1. The topological polar surface area (TPSA) is 71.9 Å². The molecule has 2 atom stereocenters. The summed E-state index contributed by atoms with van der Waals surface area (Å²) in [6.07, 6.45) is 4.43. The van der Waals surface area contributed by atoms with Crippen molar-refractivity contribution in [3.05, 3.63) is 42.5 Å². The fraction of sp³-hybridized carbons (Fsp3) is 0.517. The van der Waals surface area contributed by atoms with Gasteiger partial charge in [0.1, 0.15) is 23.2 Å². The van der Waals surface area contributed by atoms with Crippen LogP contribution in [0.3, 0.4) is 0 Å². The van der Waals surface area contributed by atoms with Crippen LogP contribution < -0.4 is 15.0 Å². The summed E-state index contributed by atoms with van der Waals surface area (Å²) in [6.45, 7) is 7.98. The lowest BCUT2D eigenvalue weighted by molar-refractivity contribution is -0.119. The zero-order valence-electron chi connectivity index (χ0n) is 21.7. The molecule has 4 heterocycles. The first-order valence-electron chi connectivity index (χ1n) is 13.8. The third-order valence-corrected chi connectivity index (χ3v) is 8.64. The molecule has 1 saturated carbocycles. The molecule has 0 bridgehead atoms. The third-order valence-electron chi connectivity index (χ3n) is 8.64. The molecule has 4 aliphatic rings. The zero-order chi connectivity index (χ0) is 25.8. The van der Waals surface area contributed by atoms with Gasteiger partial charge < -0.3 is 24.3 Å². The maximum atomic E-state index is 15.6. The highest BCUT2D eigenvalue weighted by Gasteiger charge is 2.31. The first kappa shape index (κ1) is 23.9. The summed E-state index contributed by atoms with van der Waals surface area (Å²) in [7, 11) is 0. The van der Waals surface area contributed by atoms with Gasteiger partial charge in [0.15, 0.2) is 0 Å². The van der Waals surface area contributed by atoms with Gasteiger partial charge in [0.2, 0.25) is 5.91 Å². The highest BCUT2D eigenvalue weighted by atomic mass is 19.1. The van der Waals surface area contributed by atoms with Crippen molar-refractivity contribution >= 4 is 22.6 Å². The molecule has 1 aromatic heterocycles. The normalized spacial score (nSPS) is 23.5. The van der Waals surface area contributed by atoms with Crippen molar-refractivity contribution in [1.29, 1.82) is 0 Å². The second-order valence-electron chi connectivity index (χ2n) is 11.2. The number of fused-ring (bicyclic) bond motifs is 1. The van der Waals surface area contributed by atoms with Crippen molar-refractivity contribution in [3.63, 3.8) is 0 Å². The van der Waals surface area contributed by atoms with Crippen molar-refractivity contribution in [2.24, 2.45) is 5.92 Å². The Hall–Kier alpha value is -3.17. The Kier molecular flexibility index (Phi) is 6.00. The summed E-state index contributed by atoms with van der Waals surface area (Å²) in [5, 5.41) is 2.90. The number of halogens is 1. The fourth-order valence-corrected chi connectivity index (χ4v) is 5.98. The van der Waals surface area contributed by atoms with Gasteiger partial charge in [0.05, 0.1) is 31.1 Å². The van der Waals surface area contributed by atoms with Gasteiger partial charge in [-0.2, -0.15) is 0 Å². The number of ether oxygens (including phenoxy) is 2. The minimum Gasteiger partial charge on any atom is -0.488 e. The van der Waals surface area contributed by atoms with Gasteiger partial charge in [-0.25, -0.2) is 9.37 Å². The smallest absolute Gasteiger partial charge is 0.220 e. The molecule has 1 N–H and O–H groups in total. The van der Waals surface area contributed by atoms with E-state index in [2.05, 4.69) is 24.7 Å². The van der Waals surface area contributed by atoms with Gasteiger partial charge >= 0.3 is 0 Å². The molecule has 3 aromatic rings. The predicted octanol–water partition coefficient (Wildman–Crippen LogP) is 3.60. The Balaban J connectivity index is 1.16. The van der Waals surface area contributed by atoms with E-state index in [-0.39, 0.29) is 23.7 Å². The standard InChI is InChI=1S/C29H34FN5O3/c1-18(20-12-28(36)31-14-20)38-27-11-19(10-26-29(27)35(17-32-26)21-2-3-21)24-5-4-22(13-25(24)30)33-6-8-34(9-7-33)23-15-37-16-23/h4-5,10-11,13,17-18,20-21,23H,2-3,6-9,12,14-16H2,1H3,(H,31,36)/t18-,20-/m1/s1. The van der Waals surface area contributed by atoms with Crippen LogP contribution in [0.25, 0.3) is 22.2 Å². The molecule has 200 valence electrons. The molecule has 1 amide bonds. The van der Waals surface area contributed by atoms with Crippen molar-refractivity contribution in [2.45, 2.75) is 44.4 Å². The first-order chi connectivity index (χ1) is 18.5. The molecule has 8 nitrogen and oxygen atoms in total. The van der Waals surface area contributed by atoms with Gasteiger partial charge in [-0.1, -0.05) is 0 Å². The molecule has 4 fully saturated rings. The van der Waals surface area contributed by atoms with E-state index < -0.39 is 0 Å². The van der Waals surface area contributed by atoms with Crippen LogP contribution in [0.4, 0.5) is 10.1 Å². The summed E-state index contributed by atoms with van der Waals surface area (Å²) in [5.74, 6) is 0.621. The summed E-state index contributed by atoms with van der Waals surface area (Å²) in [6, 6.07) is 10.4. The number of anilines is 1. The lowest BCUT2D eigenvalue weighted by Gasteiger charge is -2.43. The minimum absolute atomic E-state index is 0.0630. The largest absolute Gasteiger partial charge is 0.488 e. The molecule has 0 unspecified atom stereocenters. The second kappa shape index (κ2) is 9.54. The van der Waals surface area contributed by atoms with Crippen LogP contribution in [-0.2, 0) is 9.53 Å². The Bertz CT molecular complexity index is 1360. The molecule has 3 saturated heterocycles. The minimum atomic E-state index is -0.247. The summed E-state index contributed by atoms with van der Waals surface area (Å²) in [4.78, 5) is 21.2. The quantitative estimate of drug-likeness (QED) is 0.515. The van der Waals surface area contributed by atoms with Crippen LogP contribution in [-0.4, -0.2) is 78.4 Å². The first-order valence-corrected chi connectivity index (χ1v) is 13.8. The summed E-state index contributed by atoms with van der Waals surface area (Å²) in [5.41, 5.74) is 3.96. The van der Waals surface area contributed by atoms with Crippen LogP contribution in [0, 0.1) is 11.7 Å². The number of imidazole rings is 1. The number of aromatic nitrogens is 2. The molecule has 9 heteroatoms. The second-order valence-corrected chi connectivity index (χ2v) is 11.2. The van der Waals surface area contributed by atoms with E-state index in [0.717, 1.165) is 74.5 Å². The molecule has 1 aliphatic carbocycles. The fourth-order valence-electron chi connectivity index (χ4n) is 5.98. The van der Waals surface area contributed by atoms with Gasteiger partial charge in [-0.15, -0.1) is 0 Å². The SMILES string of the molecule is C[C@@H](Oc1cc(-c2ccc(N3CCN(C4COC4)CC3)cc2F)cc2ncn(C3CC3)c12)[C@H]1CNC(=O)C1. The van der Waals surface area contributed by atoms with Crippen LogP contribution in [0.5, 0.6) is 5.75 Å². The number of hydrogen-bond acceptors (Lipinski definition) is 6. The number of carbonyl (C=O) groups is 1. The molecule has 2 aromatic carbocycles. The number of amides is 1. The van der Waals surface area contributed by atoms with Gasteiger partial charge in [0.25, 0.3) is 0 Å². The van der Waals surface area contributed by atoms with E-state index in [4.69, 9.17) is 9.47 Å². The van der Waals surface area contributed by atoms with E-state index >= 15 is 4.39 Å². The van der Waals surface area contributed by atoms with Crippen molar-refractivity contribution in [3.8, 4) is 16.9 Å². The van der Waals surface area contributed by atoms with Crippen LogP contribution in [0.2, 0.25) is 0 Å². The Morgan fingerprint density at radius 3 is 2.58 bits per heavy atom. The third kappa shape index (κ3) is 4.41. The maximum Gasteiger partial charge on any atom is 0.220 e. The molecular weight excluding hydrogens is 485 g/mol. The Morgan fingerprint density at radius 2 is 1.92 bits per heavy atom. The predicted molar refractivity (Wildman–Crippen MR) is 143 cm³/mol. The van der Waals surface area contributed by atoms with Crippen molar-refractivity contribution in [1.82, 2.24) is 19.8 Å². The molecule has 0 radical (unpaired) electrons. The van der Waals surface area contributed by atoms with Crippen molar-refractivity contribution < 1.29 is 18.7 Å². The maximum absolute atomic E-state index is 15.6. The number of carbonyl (C=O) groups excluding carboxylic acids is 1. The van der Waals surface area contributed by atoms with E-state index in [1.54, 1.807) is 6.07 Å². The van der Waals surface area contributed by atoms with Crippen molar-refractivity contribution in [2.75, 3.05) is 50.8 Å². The van der Waals surface area contributed by atoms with Gasteiger partial charge in [0, 0.05) is 62.4 Å². The number of benzene rings is 2. The zero-order valence-corrected chi connectivity index (χ0v) is 21.7. The average molecular weight is 520 g/mol. The van der Waals surface area contributed by atoms with Gasteiger partial charge in [-0.3, -0.25) is 9.69 Å². The monoisotopic (exact) mass is 519 g/mol. The van der Waals surface area contributed by atoms with Crippen LogP contribution in [0.1, 0.15) is 32.2 Å². The van der Waals surface area contributed by atoms with Crippen LogP contribution in [0.15, 0.2) is 36.7 Å². The van der Waals surface area contributed by atoms with E-state index in [1.807, 2.05) is 37.5 Å². The Labute approximate surface area is 221 Å². The number of nitrogens with zero attached hydrogens (tertiary/aromatic N) is 4. The van der Waals surface area contributed by atoms with E-state index in [1.165, 1.54) is 0 Å². The Morgan fingerprint density at radius 1 is 1.11 bits per heavy atom. The lowest BCUT2D eigenvalue weighted by Crippen LogP contribution is -2.56. The molecule has 3 aliphatic heterocycles. The highest BCUT2D eigenvalue weighted by Crippen LogP contribution is 2.42. The lowest BCUT2D eigenvalue weighted by atomic mass is 10.0. The number of hydrogen-bond donors (Lipinski definition) is 1. The number of piperazine rings is 1. The molecule has 7 rings (SSSR count). The molecule has 0 spiro atoms. The highest BCUT2D eigenvalue weighted by molar-refractivity contribution is 5.88. The summed E-state index contributed by atoms with van der Waals surface area (Å²) >= 11 is 0. The summed E-state index contributed by atoms with van der Waals surface area (Å²) < 4.78 is 29.6. The average Bonchev–Trinajstić information content (AvgIpc) is 3.48. The van der Waals surface area contributed by atoms with Crippen LogP contribution >= 0.6 is 0 Å². The number of rotatable bonds is 7. The molecule has 38 heavy (non-hydrogen) atoms. The van der Waals surface area contributed by atoms with Gasteiger partial charge in [-0.05, 0) is 55.7 Å². The van der Waals surface area contributed by atoms with E-state index in [0.29, 0.717) is 36.4 Å². The van der Waals surface area contributed by atoms with E-state index in [9.17, 15) is 4.79 Å².